The molecule has 66 valence electrons. The minimum absolute atomic E-state index is 0.764. The highest BCUT2D eigenvalue weighted by Crippen LogP contribution is 2.23. The molecule has 0 amide bonds. The molecule has 1 nitrogen and oxygen atoms in total. The van der Waals surface area contributed by atoms with Crippen LogP contribution in [0.15, 0.2) is 41.3 Å². The van der Waals surface area contributed by atoms with Gasteiger partial charge in [-0.3, -0.25) is 5.14 Å². The van der Waals surface area contributed by atoms with Gasteiger partial charge in [-0.2, -0.15) is 0 Å². The van der Waals surface area contributed by atoms with Gasteiger partial charge < -0.3 is 0 Å². The molecular formula is C10H8ClNS. The molecule has 0 aliphatic rings. The maximum atomic E-state index is 5.86. The predicted molar refractivity (Wildman–Crippen MR) is 59.0 cm³/mol. The van der Waals surface area contributed by atoms with Crippen LogP contribution in [0.5, 0.6) is 0 Å². The molecule has 0 spiro atoms. The van der Waals surface area contributed by atoms with Gasteiger partial charge in [0.25, 0.3) is 0 Å². The molecular weight excluding hydrogens is 202 g/mol. The topological polar surface area (TPSA) is 26.0 Å². The van der Waals surface area contributed by atoms with Crippen LogP contribution in [0.1, 0.15) is 0 Å². The highest BCUT2D eigenvalue weighted by molar-refractivity contribution is 7.97. The van der Waals surface area contributed by atoms with Crippen LogP contribution in [0.4, 0.5) is 0 Å². The molecule has 0 atom stereocenters. The van der Waals surface area contributed by atoms with E-state index in [1.807, 2.05) is 30.3 Å². The molecule has 13 heavy (non-hydrogen) atoms. The van der Waals surface area contributed by atoms with Crippen LogP contribution in [0.3, 0.4) is 0 Å². The molecule has 2 N–H and O–H groups in total. The lowest BCUT2D eigenvalue weighted by Gasteiger charge is -2.00. The molecule has 0 fully saturated rings. The van der Waals surface area contributed by atoms with Crippen LogP contribution in [0.25, 0.3) is 10.8 Å². The molecule has 0 saturated carbocycles. The van der Waals surface area contributed by atoms with E-state index in [0.29, 0.717) is 0 Å². The summed E-state index contributed by atoms with van der Waals surface area (Å²) < 4.78 is 0. The van der Waals surface area contributed by atoms with Crippen LogP contribution in [-0.4, -0.2) is 0 Å². The van der Waals surface area contributed by atoms with Crippen molar-refractivity contribution in [2.75, 3.05) is 0 Å². The van der Waals surface area contributed by atoms with Crippen molar-refractivity contribution in [3.8, 4) is 0 Å². The first-order chi connectivity index (χ1) is 6.29. The lowest BCUT2D eigenvalue weighted by molar-refractivity contribution is 1.50. The Balaban J connectivity index is 2.66. The SMILES string of the molecule is NSc1ccc2cc(Cl)ccc2c1. The van der Waals surface area contributed by atoms with E-state index in [1.54, 1.807) is 0 Å². The molecule has 0 aliphatic carbocycles. The van der Waals surface area contributed by atoms with E-state index in [-0.39, 0.29) is 0 Å². The number of hydrogen-bond acceptors (Lipinski definition) is 2. The Kier molecular flexibility index (Phi) is 2.44. The van der Waals surface area contributed by atoms with Gasteiger partial charge in [-0.1, -0.05) is 23.7 Å². The normalized spacial score (nSPS) is 10.6. The summed E-state index contributed by atoms with van der Waals surface area (Å²) in [7, 11) is 0. The second-order valence-electron chi connectivity index (χ2n) is 2.77. The molecule has 0 aromatic heterocycles. The quantitative estimate of drug-likeness (QED) is 0.728. The molecule has 2 aromatic carbocycles. The van der Waals surface area contributed by atoms with Crippen LogP contribution in [0.2, 0.25) is 5.02 Å². The zero-order chi connectivity index (χ0) is 9.26. The zero-order valence-corrected chi connectivity index (χ0v) is 8.40. The van der Waals surface area contributed by atoms with Crippen molar-refractivity contribution >= 4 is 34.3 Å². The van der Waals surface area contributed by atoms with Crippen molar-refractivity contribution in [2.45, 2.75) is 4.90 Å². The summed E-state index contributed by atoms with van der Waals surface area (Å²) in [6.45, 7) is 0. The van der Waals surface area contributed by atoms with E-state index in [4.69, 9.17) is 16.7 Å². The summed E-state index contributed by atoms with van der Waals surface area (Å²) in [5.74, 6) is 0. The van der Waals surface area contributed by atoms with Gasteiger partial charge in [-0.15, -0.1) is 0 Å². The first-order valence-electron chi connectivity index (χ1n) is 3.85. The van der Waals surface area contributed by atoms with Crippen LogP contribution in [0, 0.1) is 0 Å². The molecule has 0 radical (unpaired) electrons. The lowest BCUT2D eigenvalue weighted by Crippen LogP contribution is -1.79. The summed E-state index contributed by atoms with van der Waals surface area (Å²) in [6, 6.07) is 11.9. The van der Waals surface area contributed by atoms with Crippen LogP contribution >= 0.6 is 23.5 Å². The maximum Gasteiger partial charge on any atom is 0.0412 e. The number of rotatable bonds is 1. The molecule has 0 bridgehead atoms. The van der Waals surface area contributed by atoms with Crippen molar-refractivity contribution in [2.24, 2.45) is 5.14 Å². The largest absolute Gasteiger partial charge is 0.274 e. The Bertz CT molecular complexity index is 442. The molecule has 2 aromatic rings. The predicted octanol–water partition coefficient (Wildman–Crippen LogP) is 3.46. The summed E-state index contributed by atoms with van der Waals surface area (Å²) in [5, 5.41) is 8.54. The van der Waals surface area contributed by atoms with E-state index in [0.717, 1.165) is 15.3 Å². The molecule has 0 saturated heterocycles. The van der Waals surface area contributed by atoms with E-state index in [1.165, 1.54) is 17.3 Å². The Morgan fingerprint density at radius 2 is 1.69 bits per heavy atom. The number of benzene rings is 2. The van der Waals surface area contributed by atoms with Crippen LogP contribution in [-0.2, 0) is 0 Å². The smallest absolute Gasteiger partial charge is 0.0412 e. The van der Waals surface area contributed by atoms with Gasteiger partial charge in [0.05, 0.1) is 0 Å². The minimum atomic E-state index is 0.764. The van der Waals surface area contributed by atoms with Gasteiger partial charge in [0.15, 0.2) is 0 Å². The third-order valence-electron chi connectivity index (χ3n) is 1.91. The summed E-state index contributed by atoms with van der Waals surface area (Å²) in [4.78, 5) is 1.06. The number of halogens is 1. The van der Waals surface area contributed by atoms with Gasteiger partial charge in [0, 0.05) is 9.92 Å². The average Bonchev–Trinajstić information content (AvgIpc) is 2.17. The Morgan fingerprint density at radius 1 is 1.00 bits per heavy atom. The van der Waals surface area contributed by atoms with Crippen molar-refractivity contribution in [3.05, 3.63) is 41.4 Å². The zero-order valence-electron chi connectivity index (χ0n) is 6.83. The number of nitrogens with two attached hydrogens (primary N) is 1. The Labute approximate surface area is 86.0 Å². The van der Waals surface area contributed by atoms with Crippen molar-refractivity contribution < 1.29 is 0 Å². The molecule has 0 aliphatic heterocycles. The third-order valence-corrected chi connectivity index (χ3v) is 2.67. The first-order valence-corrected chi connectivity index (χ1v) is 5.11. The first kappa shape index (κ1) is 8.88. The Hall–Kier alpha value is -0.700. The maximum absolute atomic E-state index is 5.86. The molecule has 2 rings (SSSR count). The van der Waals surface area contributed by atoms with Gasteiger partial charge in [-0.25, -0.2) is 0 Å². The fraction of sp³-hybridized carbons (Fsp3) is 0. The standard InChI is InChI=1S/C10H8ClNS/c11-9-3-1-8-6-10(13-12)4-2-7(8)5-9/h1-6H,12H2. The monoisotopic (exact) mass is 209 g/mol. The highest BCUT2D eigenvalue weighted by atomic mass is 35.5. The van der Waals surface area contributed by atoms with Crippen molar-refractivity contribution in [1.29, 1.82) is 0 Å². The number of fused-ring (bicyclic) bond motifs is 1. The summed E-state index contributed by atoms with van der Waals surface area (Å²) in [6.07, 6.45) is 0. The fourth-order valence-corrected chi connectivity index (χ4v) is 1.79. The van der Waals surface area contributed by atoms with E-state index in [2.05, 4.69) is 6.07 Å². The third kappa shape index (κ3) is 1.80. The Morgan fingerprint density at radius 3 is 2.46 bits per heavy atom. The van der Waals surface area contributed by atoms with E-state index < -0.39 is 0 Å². The van der Waals surface area contributed by atoms with Crippen LogP contribution < -0.4 is 5.14 Å². The highest BCUT2D eigenvalue weighted by Gasteiger charge is 1.96. The van der Waals surface area contributed by atoms with Crippen molar-refractivity contribution in [3.63, 3.8) is 0 Å². The van der Waals surface area contributed by atoms with Gasteiger partial charge in [-0.05, 0) is 47.0 Å². The second-order valence-corrected chi connectivity index (χ2v) is 3.91. The molecule has 0 unspecified atom stereocenters. The summed E-state index contributed by atoms with van der Waals surface area (Å²) in [5.41, 5.74) is 0. The van der Waals surface area contributed by atoms with Crippen molar-refractivity contribution in [1.82, 2.24) is 0 Å². The van der Waals surface area contributed by atoms with E-state index in [9.17, 15) is 0 Å². The fourth-order valence-electron chi connectivity index (χ4n) is 1.27. The molecule has 3 heteroatoms. The van der Waals surface area contributed by atoms with Gasteiger partial charge >= 0.3 is 0 Å². The lowest BCUT2D eigenvalue weighted by atomic mass is 10.1. The minimum Gasteiger partial charge on any atom is -0.274 e. The second kappa shape index (κ2) is 3.58. The summed E-state index contributed by atoms with van der Waals surface area (Å²) >= 11 is 7.12. The van der Waals surface area contributed by atoms with E-state index >= 15 is 0 Å². The average molecular weight is 210 g/mol. The van der Waals surface area contributed by atoms with Gasteiger partial charge in [0.1, 0.15) is 0 Å². The van der Waals surface area contributed by atoms with Gasteiger partial charge in [0.2, 0.25) is 0 Å². The molecule has 0 heterocycles. The number of hydrogen-bond donors (Lipinski definition) is 1.